The third-order valence-corrected chi connectivity index (χ3v) is 2.64. The van der Waals surface area contributed by atoms with Crippen molar-refractivity contribution >= 4 is 11.3 Å². The van der Waals surface area contributed by atoms with Crippen LogP contribution in [0.5, 0.6) is 0 Å². The van der Waals surface area contributed by atoms with Crippen LogP contribution in [0.3, 0.4) is 0 Å². The quantitative estimate of drug-likeness (QED) is 0.652. The van der Waals surface area contributed by atoms with E-state index in [2.05, 4.69) is 15.7 Å². The van der Waals surface area contributed by atoms with Crippen LogP contribution < -0.4 is 5.48 Å². The van der Waals surface area contributed by atoms with Crippen molar-refractivity contribution in [1.82, 2.24) is 15.7 Å². The second-order valence-corrected chi connectivity index (χ2v) is 3.53. The molecule has 68 valence electrons. The van der Waals surface area contributed by atoms with E-state index in [1.54, 1.807) is 17.5 Å². The van der Waals surface area contributed by atoms with E-state index in [9.17, 15) is 0 Å². The SMILES string of the molecule is ONCc1cn[nH]c1-c1cccs1. The molecular weight excluding hydrogens is 186 g/mol. The Morgan fingerprint density at radius 1 is 1.62 bits per heavy atom. The first-order valence-electron chi connectivity index (χ1n) is 3.85. The Hall–Kier alpha value is -1.17. The van der Waals surface area contributed by atoms with Gasteiger partial charge in [0.15, 0.2) is 0 Å². The van der Waals surface area contributed by atoms with Gasteiger partial charge in [0.05, 0.1) is 16.8 Å². The van der Waals surface area contributed by atoms with Gasteiger partial charge in [0.1, 0.15) is 0 Å². The molecule has 4 nitrogen and oxygen atoms in total. The molecule has 2 heterocycles. The van der Waals surface area contributed by atoms with Crippen LogP contribution in [0.25, 0.3) is 10.6 Å². The maximum atomic E-state index is 8.57. The predicted molar refractivity (Wildman–Crippen MR) is 50.5 cm³/mol. The number of nitrogens with one attached hydrogen (secondary N) is 2. The fraction of sp³-hybridized carbons (Fsp3) is 0.125. The highest BCUT2D eigenvalue weighted by Crippen LogP contribution is 2.25. The van der Waals surface area contributed by atoms with Gasteiger partial charge in [-0.1, -0.05) is 6.07 Å². The Labute approximate surface area is 79.2 Å². The number of thiophene rings is 1. The van der Waals surface area contributed by atoms with Crippen LogP contribution in [-0.2, 0) is 6.54 Å². The highest BCUT2D eigenvalue weighted by molar-refractivity contribution is 7.13. The van der Waals surface area contributed by atoms with Crippen LogP contribution in [-0.4, -0.2) is 15.4 Å². The minimum Gasteiger partial charge on any atom is -0.316 e. The first kappa shape index (κ1) is 8.43. The standard InChI is InChI=1S/C8H9N3OS/c12-10-5-6-4-9-11-8(6)7-2-1-3-13-7/h1-4,10,12H,5H2,(H,9,11). The number of aromatic amines is 1. The minimum absolute atomic E-state index is 0.406. The minimum atomic E-state index is 0.406. The van der Waals surface area contributed by atoms with Crippen LogP contribution in [0.15, 0.2) is 23.7 Å². The summed E-state index contributed by atoms with van der Waals surface area (Å²) in [5, 5.41) is 17.4. The smallest absolute Gasteiger partial charge is 0.0795 e. The van der Waals surface area contributed by atoms with Gasteiger partial charge in [-0.3, -0.25) is 5.10 Å². The summed E-state index contributed by atoms with van der Waals surface area (Å²) in [6.07, 6.45) is 1.71. The number of hydrogen-bond donors (Lipinski definition) is 3. The molecular formula is C8H9N3OS. The lowest BCUT2D eigenvalue weighted by atomic mass is 10.2. The third kappa shape index (κ3) is 1.62. The van der Waals surface area contributed by atoms with Gasteiger partial charge in [-0.25, -0.2) is 5.48 Å². The summed E-state index contributed by atoms with van der Waals surface area (Å²) in [6, 6.07) is 4.00. The van der Waals surface area contributed by atoms with Crippen LogP contribution >= 0.6 is 11.3 Å². The number of aromatic nitrogens is 2. The molecule has 0 aliphatic heterocycles. The van der Waals surface area contributed by atoms with Gasteiger partial charge in [-0.05, 0) is 11.4 Å². The Morgan fingerprint density at radius 2 is 2.54 bits per heavy atom. The number of nitrogens with zero attached hydrogens (tertiary/aromatic N) is 1. The summed E-state index contributed by atoms with van der Waals surface area (Å²) in [5.41, 5.74) is 4.05. The van der Waals surface area contributed by atoms with Crippen molar-refractivity contribution in [3.8, 4) is 10.6 Å². The van der Waals surface area contributed by atoms with Crippen molar-refractivity contribution in [3.05, 3.63) is 29.3 Å². The molecule has 0 fully saturated rings. The second-order valence-electron chi connectivity index (χ2n) is 2.58. The van der Waals surface area contributed by atoms with E-state index in [-0.39, 0.29) is 0 Å². The van der Waals surface area contributed by atoms with Crippen LogP contribution in [0.2, 0.25) is 0 Å². The van der Waals surface area contributed by atoms with Crippen molar-refractivity contribution in [2.75, 3.05) is 0 Å². The lowest BCUT2D eigenvalue weighted by molar-refractivity contribution is 0.161. The number of rotatable bonds is 3. The molecule has 0 saturated heterocycles. The molecule has 2 aromatic heterocycles. The lowest BCUT2D eigenvalue weighted by Crippen LogP contribution is -2.05. The summed E-state index contributed by atoms with van der Waals surface area (Å²) in [7, 11) is 0. The Bertz CT molecular complexity index is 368. The molecule has 0 aliphatic carbocycles. The van der Waals surface area contributed by atoms with Gasteiger partial charge < -0.3 is 5.21 Å². The first-order chi connectivity index (χ1) is 6.42. The van der Waals surface area contributed by atoms with Gasteiger partial charge >= 0.3 is 0 Å². The zero-order chi connectivity index (χ0) is 9.10. The topological polar surface area (TPSA) is 60.9 Å². The molecule has 0 radical (unpaired) electrons. The fourth-order valence-corrected chi connectivity index (χ4v) is 1.92. The molecule has 0 unspecified atom stereocenters. The van der Waals surface area contributed by atoms with Gasteiger partial charge in [0, 0.05) is 12.1 Å². The summed E-state index contributed by atoms with van der Waals surface area (Å²) in [5.74, 6) is 0. The second kappa shape index (κ2) is 3.69. The monoisotopic (exact) mass is 195 g/mol. The van der Waals surface area contributed by atoms with Crippen molar-refractivity contribution < 1.29 is 5.21 Å². The summed E-state index contributed by atoms with van der Waals surface area (Å²) < 4.78 is 0. The number of H-pyrrole nitrogens is 1. The van der Waals surface area contributed by atoms with Crippen LogP contribution in [0, 0.1) is 0 Å². The molecule has 3 N–H and O–H groups in total. The van der Waals surface area contributed by atoms with Gasteiger partial charge in [0.2, 0.25) is 0 Å². The Morgan fingerprint density at radius 3 is 3.23 bits per heavy atom. The molecule has 0 aromatic carbocycles. The van der Waals surface area contributed by atoms with Gasteiger partial charge in [-0.2, -0.15) is 5.10 Å². The summed E-state index contributed by atoms with van der Waals surface area (Å²) in [4.78, 5) is 1.13. The predicted octanol–water partition coefficient (Wildman–Crippen LogP) is 1.62. The van der Waals surface area contributed by atoms with E-state index >= 15 is 0 Å². The zero-order valence-corrected chi connectivity index (χ0v) is 7.64. The fourth-order valence-electron chi connectivity index (χ4n) is 1.16. The molecule has 0 bridgehead atoms. The number of hydroxylamine groups is 1. The van der Waals surface area contributed by atoms with Gasteiger partial charge in [0.25, 0.3) is 0 Å². The van der Waals surface area contributed by atoms with Crippen molar-refractivity contribution in [2.24, 2.45) is 0 Å². The largest absolute Gasteiger partial charge is 0.316 e. The van der Waals surface area contributed by atoms with Crippen molar-refractivity contribution in [1.29, 1.82) is 0 Å². The molecule has 0 spiro atoms. The highest BCUT2D eigenvalue weighted by Gasteiger charge is 2.06. The van der Waals surface area contributed by atoms with E-state index in [4.69, 9.17) is 5.21 Å². The summed E-state index contributed by atoms with van der Waals surface area (Å²) >= 11 is 1.64. The van der Waals surface area contributed by atoms with E-state index in [1.807, 2.05) is 17.5 Å². The van der Waals surface area contributed by atoms with Crippen molar-refractivity contribution in [3.63, 3.8) is 0 Å². The molecule has 0 amide bonds. The lowest BCUT2D eigenvalue weighted by Gasteiger charge is -1.97. The van der Waals surface area contributed by atoms with E-state index < -0.39 is 0 Å². The molecule has 2 rings (SSSR count). The Kier molecular flexibility index (Phi) is 2.40. The Balaban J connectivity index is 2.35. The van der Waals surface area contributed by atoms with Crippen LogP contribution in [0.4, 0.5) is 0 Å². The average molecular weight is 195 g/mol. The zero-order valence-electron chi connectivity index (χ0n) is 6.82. The molecule has 0 aliphatic rings. The molecule has 0 atom stereocenters. The van der Waals surface area contributed by atoms with Crippen LogP contribution in [0.1, 0.15) is 5.56 Å². The van der Waals surface area contributed by atoms with E-state index in [0.717, 1.165) is 16.1 Å². The van der Waals surface area contributed by atoms with Gasteiger partial charge in [-0.15, -0.1) is 11.3 Å². The normalized spacial score (nSPS) is 10.5. The highest BCUT2D eigenvalue weighted by atomic mass is 32.1. The average Bonchev–Trinajstić information content (AvgIpc) is 2.71. The molecule has 13 heavy (non-hydrogen) atoms. The molecule has 0 saturated carbocycles. The van der Waals surface area contributed by atoms with E-state index in [1.165, 1.54) is 0 Å². The van der Waals surface area contributed by atoms with E-state index in [0.29, 0.717) is 6.54 Å². The third-order valence-electron chi connectivity index (χ3n) is 1.75. The number of hydrogen-bond acceptors (Lipinski definition) is 4. The first-order valence-corrected chi connectivity index (χ1v) is 4.73. The summed E-state index contributed by atoms with van der Waals surface area (Å²) in [6.45, 7) is 0.406. The molecule has 5 heteroatoms. The maximum absolute atomic E-state index is 8.57. The van der Waals surface area contributed by atoms with Crippen molar-refractivity contribution in [2.45, 2.75) is 6.54 Å². The maximum Gasteiger partial charge on any atom is 0.0795 e. The molecule has 2 aromatic rings.